The van der Waals surface area contributed by atoms with Crippen molar-refractivity contribution in [2.75, 3.05) is 5.32 Å². The molecule has 0 bridgehead atoms. The minimum atomic E-state index is -4.95. The van der Waals surface area contributed by atoms with Crippen LogP contribution in [0, 0.1) is 12.7 Å². The molecule has 3 aromatic carbocycles. The number of benzene rings is 3. The van der Waals surface area contributed by atoms with E-state index in [0.717, 1.165) is 18.2 Å². The summed E-state index contributed by atoms with van der Waals surface area (Å²) in [5, 5.41) is 13.6. The van der Waals surface area contributed by atoms with E-state index in [4.69, 9.17) is 16.0 Å². The van der Waals surface area contributed by atoms with E-state index in [1.807, 2.05) is 0 Å². The first kappa shape index (κ1) is 31.1. The summed E-state index contributed by atoms with van der Waals surface area (Å²) in [6.45, 7) is 1.70. The van der Waals surface area contributed by atoms with Gasteiger partial charge in [0.1, 0.15) is 11.4 Å². The van der Waals surface area contributed by atoms with Crippen LogP contribution in [0.15, 0.2) is 69.9 Å². The zero-order valence-electron chi connectivity index (χ0n) is 21.0. The first-order valence-corrected chi connectivity index (χ1v) is 11.6. The van der Waals surface area contributed by atoms with Gasteiger partial charge in [-0.3, -0.25) is 4.79 Å². The fraction of sp³-hybridized carbons (Fsp3) is 0.107. The largest absolute Gasteiger partial charge is 1.00 e. The number of carboxylic acids is 1. The summed E-state index contributed by atoms with van der Waals surface area (Å²) in [7, 11) is 0. The molecule has 4 aromatic rings. The second kappa shape index (κ2) is 12.4. The van der Waals surface area contributed by atoms with Crippen molar-refractivity contribution >= 4 is 46.2 Å². The Labute approximate surface area is 251 Å². The van der Waals surface area contributed by atoms with Crippen molar-refractivity contribution in [2.24, 2.45) is 0 Å². The Hall–Kier alpha value is -3.44. The number of carbonyl (C=O) groups is 2. The minimum absolute atomic E-state index is 0. The number of fused-ring (bicyclic) bond motifs is 1. The number of hydrogen-bond acceptors (Lipinski definition) is 5. The molecule has 0 saturated heterocycles. The first-order valence-electron chi connectivity index (χ1n) is 11.3. The van der Waals surface area contributed by atoms with Crippen molar-refractivity contribution in [3.05, 3.63) is 104 Å². The van der Waals surface area contributed by atoms with E-state index >= 15 is 0 Å². The van der Waals surface area contributed by atoms with Crippen LogP contribution in [0.3, 0.4) is 0 Å². The number of anilines is 1. The molecule has 0 saturated carbocycles. The SMILES string of the molecule is Cc1cc2c(-c3cccc(/C=C/C(=O)[O-])c3)c(CC(=O)Nc3ccc(F)cc3C(F)(F)F)c(=O)oc2cc1Cl.[Na+]. The number of halogens is 5. The number of aryl methyl sites for hydroxylation is 1. The average Bonchev–Trinajstić information content (AvgIpc) is 2.85. The van der Waals surface area contributed by atoms with Gasteiger partial charge in [0.2, 0.25) is 5.91 Å². The van der Waals surface area contributed by atoms with Gasteiger partial charge in [-0.05, 0) is 60.0 Å². The minimum Gasteiger partial charge on any atom is -0.545 e. The average molecular weight is 582 g/mol. The van der Waals surface area contributed by atoms with Crippen molar-refractivity contribution in [3.8, 4) is 11.1 Å². The zero-order valence-corrected chi connectivity index (χ0v) is 23.7. The molecular formula is C28H17ClF4NNaO5. The van der Waals surface area contributed by atoms with Gasteiger partial charge < -0.3 is 19.6 Å². The molecule has 0 aliphatic rings. The summed E-state index contributed by atoms with van der Waals surface area (Å²) in [5.41, 5.74) is -1.38. The monoisotopic (exact) mass is 581 g/mol. The van der Waals surface area contributed by atoms with Gasteiger partial charge >= 0.3 is 41.4 Å². The molecule has 0 aliphatic heterocycles. The van der Waals surface area contributed by atoms with E-state index in [9.17, 15) is 37.1 Å². The van der Waals surface area contributed by atoms with Gasteiger partial charge in [0.25, 0.3) is 0 Å². The second-order valence-electron chi connectivity index (χ2n) is 8.53. The number of carbonyl (C=O) groups excluding carboxylic acids is 2. The van der Waals surface area contributed by atoms with Crippen LogP contribution in [0.2, 0.25) is 5.02 Å². The van der Waals surface area contributed by atoms with Crippen molar-refractivity contribution < 1.29 is 66.2 Å². The zero-order chi connectivity index (χ0) is 28.5. The van der Waals surface area contributed by atoms with Crippen molar-refractivity contribution in [1.29, 1.82) is 0 Å². The summed E-state index contributed by atoms with van der Waals surface area (Å²) in [6.07, 6.45) is -3.55. The van der Waals surface area contributed by atoms with Gasteiger partial charge in [-0.25, -0.2) is 9.18 Å². The van der Waals surface area contributed by atoms with Gasteiger partial charge in [0.05, 0.1) is 29.2 Å². The van der Waals surface area contributed by atoms with E-state index in [2.05, 4.69) is 5.32 Å². The molecule has 0 unspecified atom stereocenters. The Bertz CT molecular complexity index is 1720. The standard InChI is InChI=1S/C28H18ClF4NO5.Na/c1-14-9-18-23(13-21(14)29)39-27(38)19(26(18)16-4-2-3-15(10-16)5-8-25(36)37)12-24(35)34-22-7-6-17(30)11-20(22)28(31,32)33;/h2-11,13H,12H2,1H3,(H,34,35)(H,36,37);/q;+1/p-1/b8-5+;. The molecule has 1 amide bonds. The molecule has 4 rings (SSSR count). The smallest absolute Gasteiger partial charge is 0.545 e. The number of carboxylic acid groups (broad SMARTS) is 1. The molecule has 0 fully saturated rings. The summed E-state index contributed by atoms with van der Waals surface area (Å²) in [4.78, 5) is 36.8. The quantitative estimate of drug-likeness (QED) is 0.163. The van der Waals surface area contributed by atoms with Crippen LogP contribution in [0.5, 0.6) is 0 Å². The fourth-order valence-corrected chi connectivity index (χ4v) is 4.19. The van der Waals surface area contributed by atoms with Gasteiger partial charge in [-0.15, -0.1) is 0 Å². The molecule has 0 atom stereocenters. The van der Waals surface area contributed by atoms with Gasteiger partial charge in [0.15, 0.2) is 0 Å². The number of alkyl halides is 3. The van der Waals surface area contributed by atoms with Crippen molar-refractivity contribution in [2.45, 2.75) is 19.5 Å². The van der Waals surface area contributed by atoms with Gasteiger partial charge in [-0.1, -0.05) is 35.9 Å². The Morgan fingerprint density at radius 2 is 1.82 bits per heavy atom. The second-order valence-corrected chi connectivity index (χ2v) is 8.94. The summed E-state index contributed by atoms with van der Waals surface area (Å²) in [6, 6.07) is 11.2. The first-order chi connectivity index (χ1) is 18.3. The number of aliphatic carboxylic acids is 1. The van der Waals surface area contributed by atoms with Crippen LogP contribution in [-0.4, -0.2) is 11.9 Å². The molecule has 1 N–H and O–H groups in total. The van der Waals surface area contributed by atoms with E-state index < -0.39 is 47.2 Å². The van der Waals surface area contributed by atoms with E-state index in [1.54, 1.807) is 37.3 Å². The molecule has 1 aromatic heterocycles. The number of hydrogen-bond donors (Lipinski definition) is 1. The van der Waals surface area contributed by atoms with Crippen LogP contribution in [0.1, 0.15) is 22.3 Å². The Morgan fingerprint density at radius 1 is 1.10 bits per heavy atom. The van der Waals surface area contributed by atoms with E-state index in [1.165, 1.54) is 12.1 Å². The number of amides is 1. The molecule has 1 heterocycles. The van der Waals surface area contributed by atoms with E-state index in [0.29, 0.717) is 27.1 Å². The van der Waals surface area contributed by atoms with Crippen LogP contribution in [0.25, 0.3) is 28.2 Å². The van der Waals surface area contributed by atoms with Crippen molar-refractivity contribution in [3.63, 3.8) is 0 Å². The van der Waals surface area contributed by atoms with Crippen molar-refractivity contribution in [1.82, 2.24) is 0 Å². The fourth-order valence-electron chi connectivity index (χ4n) is 4.04. The Morgan fingerprint density at radius 3 is 2.50 bits per heavy atom. The normalized spacial score (nSPS) is 11.4. The Balaban J connectivity index is 0.00000441. The maximum atomic E-state index is 13.5. The molecular weight excluding hydrogens is 565 g/mol. The molecule has 0 aliphatic carbocycles. The maximum Gasteiger partial charge on any atom is 1.00 e. The summed E-state index contributed by atoms with van der Waals surface area (Å²) >= 11 is 6.20. The molecule has 40 heavy (non-hydrogen) atoms. The number of rotatable bonds is 6. The van der Waals surface area contributed by atoms with Crippen LogP contribution < -0.4 is 45.6 Å². The predicted molar refractivity (Wildman–Crippen MR) is 135 cm³/mol. The Kier molecular flexibility index (Phi) is 9.63. The molecule has 0 spiro atoms. The molecule has 12 heteroatoms. The third kappa shape index (κ3) is 7.00. The van der Waals surface area contributed by atoms with Crippen LogP contribution >= 0.6 is 11.6 Å². The van der Waals surface area contributed by atoms with E-state index in [-0.39, 0.29) is 52.3 Å². The summed E-state index contributed by atoms with van der Waals surface area (Å²) in [5.74, 6) is -3.55. The van der Waals surface area contributed by atoms with Crippen LogP contribution in [-0.2, 0) is 22.2 Å². The third-order valence-electron chi connectivity index (χ3n) is 5.77. The maximum absolute atomic E-state index is 13.5. The third-order valence-corrected chi connectivity index (χ3v) is 6.17. The summed E-state index contributed by atoms with van der Waals surface area (Å²) < 4.78 is 59.1. The predicted octanol–water partition coefficient (Wildman–Crippen LogP) is 2.53. The molecule has 0 radical (unpaired) electrons. The van der Waals surface area contributed by atoms with Gasteiger partial charge in [-0.2, -0.15) is 13.2 Å². The van der Waals surface area contributed by atoms with Crippen LogP contribution in [0.4, 0.5) is 23.2 Å². The van der Waals surface area contributed by atoms with Gasteiger partial charge in [0, 0.05) is 22.0 Å². The molecule has 6 nitrogen and oxygen atoms in total. The number of nitrogens with one attached hydrogen (secondary N) is 1. The topological polar surface area (TPSA) is 99.4 Å². The molecule has 200 valence electrons.